The van der Waals surface area contributed by atoms with Crippen LogP contribution in [-0.2, 0) is 0 Å². The Bertz CT molecular complexity index is 147. The second kappa shape index (κ2) is 8.31. The molecule has 1 heteroatoms. The summed E-state index contributed by atoms with van der Waals surface area (Å²) in [5, 5.41) is 0. The van der Waals surface area contributed by atoms with Crippen LogP contribution >= 0.6 is 0 Å². The molecular formula is C12H25N. The standard InChI is InChI=1S/C12H25N/c1-4-5-6-7-8-9-11(2)12(3)10-13/h4-10,13H2,1-3H3. The summed E-state index contributed by atoms with van der Waals surface area (Å²) >= 11 is 0. The molecule has 0 saturated carbocycles. The van der Waals surface area contributed by atoms with Crippen molar-refractivity contribution in [3.05, 3.63) is 11.1 Å². The zero-order valence-corrected chi connectivity index (χ0v) is 9.53. The third kappa shape index (κ3) is 6.83. The van der Waals surface area contributed by atoms with Crippen molar-refractivity contribution in [2.75, 3.05) is 6.54 Å². The van der Waals surface area contributed by atoms with E-state index in [0.29, 0.717) is 0 Å². The number of hydrogen-bond donors (Lipinski definition) is 1. The molecule has 0 bridgehead atoms. The van der Waals surface area contributed by atoms with Gasteiger partial charge in [0.2, 0.25) is 0 Å². The average molecular weight is 183 g/mol. The van der Waals surface area contributed by atoms with E-state index in [4.69, 9.17) is 5.73 Å². The monoisotopic (exact) mass is 183 g/mol. The maximum atomic E-state index is 5.57. The lowest BCUT2D eigenvalue weighted by Gasteiger charge is -2.05. The molecule has 0 aromatic heterocycles. The van der Waals surface area contributed by atoms with Crippen LogP contribution in [0.25, 0.3) is 0 Å². The summed E-state index contributed by atoms with van der Waals surface area (Å²) in [7, 11) is 0. The highest BCUT2D eigenvalue weighted by atomic mass is 14.5. The number of allylic oxidation sites excluding steroid dienone is 1. The van der Waals surface area contributed by atoms with Crippen molar-refractivity contribution in [2.24, 2.45) is 5.73 Å². The van der Waals surface area contributed by atoms with Gasteiger partial charge < -0.3 is 5.73 Å². The summed E-state index contributed by atoms with van der Waals surface area (Å²) < 4.78 is 0. The van der Waals surface area contributed by atoms with Crippen molar-refractivity contribution in [1.29, 1.82) is 0 Å². The molecule has 1 nitrogen and oxygen atoms in total. The van der Waals surface area contributed by atoms with E-state index < -0.39 is 0 Å². The second-order valence-electron chi connectivity index (χ2n) is 3.93. The number of rotatable bonds is 7. The fourth-order valence-corrected chi connectivity index (χ4v) is 1.38. The van der Waals surface area contributed by atoms with Gasteiger partial charge >= 0.3 is 0 Å². The first-order chi connectivity index (χ1) is 6.22. The maximum absolute atomic E-state index is 5.57. The Balaban J connectivity index is 3.42. The Hall–Kier alpha value is -0.300. The van der Waals surface area contributed by atoms with E-state index in [1.165, 1.54) is 49.7 Å². The summed E-state index contributed by atoms with van der Waals surface area (Å²) in [6, 6.07) is 0. The molecule has 0 atom stereocenters. The summed E-state index contributed by atoms with van der Waals surface area (Å²) in [6.45, 7) is 7.33. The number of hydrogen-bond acceptors (Lipinski definition) is 1. The third-order valence-electron chi connectivity index (χ3n) is 2.69. The van der Waals surface area contributed by atoms with Crippen LogP contribution < -0.4 is 5.73 Å². The van der Waals surface area contributed by atoms with Crippen molar-refractivity contribution < 1.29 is 0 Å². The van der Waals surface area contributed by atoms with E-state index in [0.717, 1.165) is 6.54 Å². The van der Waals surface area contributed by atoms with E-state index in [9.17, 15) is 0 Å². The van der Waals surface area contributed by atoms with Crippen molar-refractivity contribution in [2.45, 2.75) is 59.3 Å². The minimum atomic E-state index is 0.723. The van der Waals surface area contributed by atoms with Crippen LogP contribution in [0.5, 0.6) is 0 Å². The molecule has 0 aliphatic heterocycles. The average Bonchev–Trinajstić information content (AvgIpc) is 2.16. The molecule has 0 aromatic carbocycles. The number of unbranched alkanes of at least 4 members (excludes halogenated alkanes) is 4. The van der Waals surface area contributed by atoms with E-state index >= 15 is 0 Å². The van der Waals surface area contributed by atoms with Gasteiger partial charge in [-0.15, -0.1) is 0 Å². The predicted octanol–water partition coefficient (Wildman–Crippen LogP) is 3.64. The van der Waals surface area contributed by atoms with Crippen LogP contribution in [0.4, 0.5) is 0 Å². The van der Waals surface area contributed by atoms with Crippen LogP contribution in [0.15, 0.2) is 11.1 Å². The number of nitrogens with two attached hydrogens (primary N) is 1. The molecule has 0 aliphatic rings. The molecule has 0 radical (unpaired) electrons. The molecule has 0 aromatic rings. The zero-order chi connectivity index (χ0) is 10.1. The van der Waals surface area contributed by atoms with Gasteiger partial charge in [-0.1, -0.05) is 43.8 Å². The van der Waals surface area contributed by atoms with E-state index in [1.807, 2.05) is 0 Å². The van der Waals surface area contributed by atoms with Gasteiger partial charge in [-0.25, -0.2) is 0 Å². The fraction of sp³-hybridized carbons (Fsp3) is 0.833. The summed E-state index contributed by atoms with van der Waals surface area (Å²) in [5.74, 6) is 0. The van der Waals surface area contributed by atoms with E-state index in [2.05, 4.69) is 20.8 Å². The Morgan fingerprint density at radius 3 is 2.08 bits per heavy atom. The molecule has 0 saturated heterocycles. The van der Waals surface area contributed by atoms with Gasteiger partial charge in [-0.05, 0) is 26.7 Å². The van der Waals surface area contributed by atoms with Gasteiger partial charge in [0, 0.05) is 6.54 Å². The van der Waals surface area contributed by atoms with Crippen molar-refractivity contribution in [3.63, 3.8) is 0 Å². The Kier molecular flexibility index (Phi) is 8.11. The molecule has 0 spiro atoms. The second-order valence-corrected chi connectivity index (χ2v) is 3.93. The highest BCUT2D eigenvalue weighted by molar-refractivity contribution is 5.10. The van der Waals surface area contributed by atoms with Crippen molar-refractivity contribution in [1.82, 2.24) is 0 Å². The van der Waals surface area contributed by atoms with Gasteiger partial charge in [0.1, 0.15) is 0 Å². The molecule has 0 rings (SSSR count). The fourth-order valence-electron chi connectivity index (χ4n) is 1.38. The Morgan fingerprint density at radius 1 is 0.923 bits per heavy atom. The van der Waals surface area contributed by atoms with Crippen molar-refractivity contribution in [3.8, 4) is 0 Å². The first kappa shape index (κ1) is 12.7. The van der Waals surface area contributed by atoms with Gasteiger partial charge in [-0.3, -0.25) is 0 Å². The normalized spacial score (nSPS) is 12.9. The smallest absolute Gasteiger partial charge is 0.0136 e. The van der Waals surface area contributed by atoms with Gasteiger partial charge in [-0.2, -0.15) is 0 Å². The molecule has 0 amide bonds. The molecule has 0 unspecified atom stereocenters. The van der Waals surface area contributed by atoms with E-state index in [1.54, 1.807) is 0 Å². The largest absolute Gasteiger partial charge is 0.327 e. The first-order valence-corrected chi connectivity index (χ1v) is 5.57. The molecule has 0 aliphatic carbocycles. The third-order valence-corrected chi connectivity index (χ3v) is 2.69. The molecule has 13 heavy (non-hydrogen) atoms. The first-order valence-electron chi connectivity index (χ1n) is 5.57. The SMILES string of the molecule is CCCCCCCC(C)=C(C)CN. The summed E-state index contributed by atoms with van der Waals surface area (Å²) in [4.78, 5) is 0. The molecule has 78 valence electrons. The Labute approximate surface area is 83.4 Å². The minimum absolute atomic E-state index is 0.723. The predicted molar refractivity (Wildman–Crippen MR) is 60.8 cm³/mol. The van der Waals surface area contributed by atoms with Crippen LogP contribution in [0.2, 0.25) is 0 Å². The molecule has 0 heterocycles. The van der Waals surface area contributed by atoms with Crippen molar-refractivity contribution >= 4 is 0 Å². The highest BCUT2D eigenvalue weighted by Crippen LogP contribution is 2.13. The molecular weight excluding hydrogens is 158 g/mol. The lowest BCUT2D eigenvalue weighted by atomic mass is 10.0. The topological polar surface area (TPSA) is 26.0 Å². The van der Waals surface area contributed by atoms with Gasteiger partial charge in [0.15, 0.2) is 0 Å². The van der Waals surface area contributed by atoms with Crippen LogP contribution in [0.1, 0.15) is 59.3 Å². The van der Waals surface area contributed by atoms with Crippen LogP contribution in [0.3, 0.4) is 0 Å². The lowest BCUT2D eigenvalue weighted by molar-refractivity contribution is 0.629. The lowest BCUT2D eigenvalue weighted by Crippen LogP contribution is -2.02. The van der Waals surface area contributed by atoms with Gasteiger partial charge in [0.25, 0.3) is 0 Å². The van der Waals surface area contributed by atoms with Crippen LogP contribution in [0, 0.1) is 0 Å². The summed E-state index contributed by atoms with van der Waals surface area (Å²) in [6.07, 6.45) is 8.07. The highest BCUT2D eigenvalue weighted by Gasteiger charge is 1.95. The Morgan fingerprint density at radius 2 is 1.54 bits per heavy atom. The minimum Gasteiger partial charge on any atom is -0.327 e. The molecule has 0 fully saturated rings. The zero-order valence-electron chi connectivity index (χ0n) is 9.53. The summed E-state index contributed by atoms with van der Waals surface area (Å²) in [5.41, 5.74) is 8.44. The maximum Gasteiger partial charge on any atom is 0.0136 e. The quantitative estimate of drug-likeness (QED) is 0.473. The molecule has 2 N–H and O–H groups in total. The van der Waals surface area contributed by atoms with Crippen LogP contribution in [-0.4, -0.2) is 6.54 Å². The van der Waals surface area contributed by atoms with Gasteiger partial charge in [0.05, 0.1) is 0 Å². The van der Waals surface area contributed by atoms with E-state index in [-0.39, 0.29) is 0 Å².